The number of rotatable bonds is 6. The fourth-order valence-electron chi connectivity index (χ4n) is 2.17. The van der Waals surface area contributed by atoms with Gasteiger partial charge in [-0.15, -0.1) is 12.4 Å². The second kappa shape index (κ2) is 8.70. The smallest absolute Gasteiger partial charge is 0.239 e. The summed E-state index contributed by atoms with van der Waals surface area (Å²) in [6.07, 6.45) is 0. The number of para-hydroxylation sites is 1. The lowest BCUT2D eigenvalue weighted by Crippen LogP contribution is -2.47. The molecule has 1 heterocycles. The van der Waals surface area contributed by atoms with E-state index in [-0.39, 0.29) is 42.7 Å². The van der Waals surface area contributed by atoms with Gasteiger partial charge in [-0.1, -0.05) is 32.0 Å². The molecular formula is C17H24ClN3O3. The first-order chi connectivity index (χ1) is 10.9. The molecule has 6 nitrogen and oxygen atoms in total. The van der Waals surface area contributed by atoms with Gasteiger partial charge in [-0.3, -0.25) is 9.59 Å². The Morgan fingerprint density at radius 1 is 1.21 bits per heavy atom. The molecule has 7 heteroatoms. The summed E-state index contributed by atoms with van der Waals surface area (Å²) in [5.41, 5.74) is 6.50. The van der Waals surface area contributed by atoms with Crippen LogP contribution in [0.3, 0.4) is 0 Å². The van der Waals surface area contributed by atoms with Crippen molar-refractivity contribution in [1.29, 1.82) is 0 Å². The maximum absolute atomic E-state index is 11.9. The summed E-state index contributed by atoms with van der Waals surface area (Å²) in [5.74, 6) is 0.0751. The lowest BCUT2D eigenvalue weighted by Gasteiger charge is -2.16. The van der Waals surface area contributed by atoms with E-state index in [0.717, 1.165) is 11.0 Å². The fraction of sp³-hybridized carbons (Fsp3) is 0.412. The third kappa shape index (κ3) is 4.97. The molecule has 24 heavy (non-hydrogen) atoms. The highest BCUT2D eigenvalue weighted by Crippen LogP contribution is 2.23. The van der Waals surface area contributed by atoms with E-state index in [9.17, 15) is 9.59 Å². The number of nitrogens with one attached hydrogen (secondary N) is 2. The second-order valence-corrected chi connectivity index (χ2v) is 5.96. The standard InChI is InChI=1S/C17H23N3O3.ClH/c1-10(2)16(18)17(22)19-9-15(21)20-11(3)14-8-12-6-4-5-7-13(12)23-14;/h4-8,10-11,16H,9,18H2,1-3H3,(H,19,22)(H,20,21);1H/t11?,16-;/m0./s1. The van der Waals surface area contributed by atoms with E-state index in [2.05, 4.69) is 10.6 Å². The number of hydrogen-bond acceptors (Lipinski definition) is 4. The molecule has 0 saturated carbocycles. The molecule has 2 amide bonds. The summed E-state index contributed by atoms with van der Waals surface area (Å²) in [4.78, 5) is 23.7. The van der Waals surface area contributed by atoms with E-state index in [4.69, 9.17) is 10.2 Å². The number of carbonyl (C=O) groups is 2. The zero-order valence-electron chi connectivity index (χ0n) is 14.0. The topological polar surface area (TPSA) is 97.4 Å². The molecule has 4 N–H and O–H groups in total. The maximum atomic E-state index is 11.9. The lowest BCUT2D eigenvalue weighted by atomic mass is 10.1. The van der Waals surface area contributed by atoms with Crippen molar-refractivity contribution >= 4 is 35.2 Å². The highest BCUT2D eigenvalue weighted by Gasteiger charge is 2.19. The first-order valence-electron chi connectivity index (χ1n) is 7.69. The molecule has 2 atom stereocenters. The minimum Gasteiger partial charge on any atom is -0.459 e. The molecule has 0 saturated heterocycles. The van der Waals surface area contributed by atoms with Crippen LogP contribution >= 0.6 is 12.4 Å². The minimum absolute atomic E-state index is 0. The van der Waals surface area contributed by atoms with E-state index in [1.165, 1.54) is 0 Å². The van der Waals surface area contributed by atoms with E-state index in [1.807, 2.05) is 51.1 Å². The third-order valence-electron chi connectivity index (χ3n) is 3.69. The summed E-state index contributed by atoms with van der Waals surface area (Å²) in [6.45, 7) is 5.43. The van der Waals surface area contributed by atoms with Gasteiger partial charge in [0.2, 0.25) is 11.8 Å². The van der Waals surface area contributed by atoms with Crippen molar-refractivity contribution in [3.05, 3.63) is 36.1 Å². The van der Waals surface area contributed by atoms with Crippen molar-refractivity contribution in [3.8, 4) is 0 Å². The number of fused-ring (bicyclic) bond motifs is 1. The highest BCUT2D eigenvalue weighted by atomic mass is 35.5. The Labute approximate surface area is 147 Å². The van der Waals surface area contributed by atoms with Crippen molar-refractivity contribution < 1.29 is 14.0 Å². The molecule has 0 spiro atoms. The van der Waals surface area contributed by atoms with Crippen LogP contribution in [0.15, 0.2) is 34.7 Å². The van der Waals surface area contributed by atoms with Crippen LogP contribution in [-0.2, 0) is 9.59 Å². The van der Waals surface area contributed by atoms with Crippen LogP contribution in [0.5, 0.6) is 0 Å². The zero-order valence-corrected chi connectivity index (χ0v) is 14.9. The van der Waals surface area contributed by atoms with Crippen molar-refractivity contribution in [2.45, 2.75) is 32.9 Å². The Balaban J connectivity index is 0.00000288. The van der Waals surface area contributed by atoms with Crippen molar-refractivity contribution in [1.82, 2.24) is 10.6 Å². The minimum atomic E-state index is -0.615. The van der Waals surface area contributed by atoms with Crippen LogP contribution in [0.1, 0.15) is 32.6 Å². The maximum Gasteiger partial charge on any atom is 0.239 e. The van der Waals surface area contributed by atoms with Crippen LogP contribution in [0.25, 0.3) is 11.0 Å². The SMILES string of the molecule is CC(NC(=O)CNC(=O)[C@@H](N)C(C)C)c1cc2ccccc2o1.Cl. The van der Waals surface area contributed by atoms with Gasteiger partial charge in [-0.25, -0.2) is 0 Å². The molecular weight excluding hydrogens is 330 g/mol. The molecule has 2 aromatic rings. The molecule has 0 aliphatic heterocycles. The van der Waals surface area contributed by atoms with Crippen LogP contribution in [0.2, 0.25) is 0 Å². The van der Waals surface area contributed by atoms with Gasteiger partial charge in [0.25, 0.3) is 0 Å². The van der Waals surface area contributed by atoms with Gasteiger partial charge < -0.3 is 20.8 Å². The van der Waals surface area contributed by atoms with Crippen LogP contribution in [0.4, 0.5) is 0 Å². The molecule has 1 aromatic carbocycles. The highest BCUT2D eigenvalue weighted by molar-refractivity contribution is 5.87. The zero-order chi connectivity index (χ0) is 17.0. The summed E-state index contributed by atoms with van der Waals surface area (Å²) >= 11 is 0. The monoisotopic (exact) mass is 353 g/mol. The largest absolute Gasteiger partial charge is 0.459 e. The first kappa shape index (κ1) is 20.0. The number of amides is 2. The summed E-state index contributed by atoms with van der Waals surface area (Å²) in [6, 6.07) is 8.64. The Morgan fingerprint density at radius 2 is 1.88 bits per heavy atom. The van der Waals surface area contributed by atoms with Crippen LogP contribution in [0, 0.1) is 5.92 Å². The van der Waals surface area contributed by atoms with E-state index in [0.29, 0.717) is 5.76 Å². The van der Waals surface area contributed by atoms with Gasteiger partial charge in [-0.05, 0) is 25.0 Å². The molecule has 0 fully saturated rings. The molecule has 1 aromatic heterocycles. The van der Waals surface area contributed by atoms with Gasteiger partial charge in [0.1, 0.15) is 11.3 Å². The van der Waals surface area contributed by atoms with Gasteiger partial charge in [0.05, 0.1) is 18.6 Å². The molecule has 0 aliphatic rings. The fourth-order valence-corrected chi connectivity index (χ4v) is 2.17. The normalized spacial score (nSPS) is 13.2. The Bertz CT molecular complexity index is 666. The molecule has 1 unspecified atom stereocenters. The van der Waals surface area contributed by atoms with Crippen LogP contribution < -0.4 is 16.4 Å². The lowest BCUT2D eigenvalue weighted by molar-refractivity contribution is -0.127. The van der Waals surface area contributed by atoms with Crippen molar-refractivity contribution in [3.63, 3.8) is 0 Å². The van der Waals surface area contributed by atoms with Gasteiger partial charge >= 0.3 is 0 Å². The average molecular weight is 354 g/mol. The third-order valence-corrected chi connectivity index (χ3v) is 3.69. The Hall–Kier alpha value is -2.05. The second-order valence-electron chi connectivity index (χ2n) is 5.96. The summed E-state index contributed by atoms with van der Waals surface area (Å²) < 4.78 is 5.70. The number of halogens is 1. The number of furan rings is 1. The Kier molecular flexibility index (Phi) is 7.25. The summed E-state index contributed by atoms with van der Waals surface area (Å²) in [7, 11) is 0. The van der Waals surface area contributed by atoms with Gasteiger partial charge in [-0.2, -0.15) is 0 Å². The average Bonchev–Trinajstić information content (AvgIpc) is 2.95. The molecule has 2 rings (SSSR count). The molecule has 0 radical (unpaired) electrons. The van der Waals surface area contributed by atoms with E-state index in [1.54, 1.807) is 0 Å². The predicted octanol–water partition coefficient (Wildman–Crippen LogP) is 2.13. The number of carbonyl (C=O) groups excluding carboxylic acids is 2. The van der Waals surface area contributed by atoms with Crippen molar-refractivity contribution in [2.24, 2.45) is 11.7 Å². The van der Waals surface area contributed by atoms with Crippen LogP contribution in [-0.4, -0.2) is 24.4 Å². The molecule has 0 bridgehead atoms. The summed E-state index contributed by atoms with van der Waals surface area (Å²) in [5, 5.41) is 6.32. The first-order valence-corrected chi connectivity index (χ1v) is 7.69. The number of benzene rings is 1. The number of hydrogen-bond donors (Lipinski definition) is 3. The van der Waals surface area contributed by atoms with Gasteiger partial charge in [0.15, 0.2) is 0 Å². The predicted molar refractivity (Wildman–Crippen MR) is 95.8 cm³/mol. The van der Waals surface area contributed by atoms with Crippen molar-refractivity contribution in [2.75, 3.05) is 6.54 Å². The van der Waals surface area contributed by atoms with E-state index >= 15 is 0 Å². The number of nitrogens with two attached hydrogens (primary N) is 1. The molecule has 132 valence electrons. The quantitative estimate of drug-likeness (QED) is 0.741. The Morgan fingerprint density at radius 3 is 2.50 bits per heavy atom. The van der Waals surface area contributed by atoms with Gasteiger partial charge in [0, 0.05) is 5.39 Å². The van der Waals surface area contributed by atoms with E-state index < -0.39 is 6.04 Å². The molecule has 0 aliphatic carbocycles.